The molecule has 0 aliphatic carbocycles. The number of carbonyl (C=O) groups excluding carboxylic acids is 1. The normalized spacial score (nSPS) is 19.2. The Balaban J connectivity index is 1.47. The Morgan fingerprint density at radius 2 is 2.08 bits per heavy atom. The van der Waals surface area contributed by atoms with Crippen LogP contribution in [0.5, 0.6) is 0 Å². The lowest BCUT2D eigenvalue weighted by Gasteiger charge is -2.21. The third-order valence-corrected chi connectivity index (χ3v) is 5.97. The van der Waals surface area contributed by atoms with Crippen molar-refractivity contribution in [3.63, 3.8) is 0 Å². The van der Waals surface area contributed by atoms with E-state index < -0.39 is 0 Å². The number of halogens is 1. The topological polar surface area (TPSA) is 62.2 Å². The molecule has 0 N–H and O–H groups in total. The fourth-order valence-corrected chi connectivity index (χ4v) is 4.11. The van der Waals surface area contributed by atoms with Gasteiger partial charge in [-0.3, -0.25) is 9.78 Å². The molecular formula is C19H22ClN5O. The van der Waals surface area contributed by atoms with Crippen molar-refractivity contribution in [1.29, 1.82) is 0 Å². The van der Waals surface area contributed by atoms with Gasteiger partial charge in [0.1, 0.15) is 0 Å². The van der Waals surface area contributed by atoms with E-state index in [9.17, 15) is 4.79 Å². The summed E-state index contributed by atoms with van der Waals surface area (Å²) in [5.41, 5.74) is 5.92. The van der Waals surface area contributed by atoms with Gasteiger partial charge in [-0.1, -0.05) is 11.6 Å². The third kappa shape index (κ3) is 2.92. The fourth-order valence-electron chi connectivity index (χ4n) is 3.95. The number of pyridine rings is 1. The van der Waals surface area contributed by atoms with Crippen LogP contribution in [-0.2, 0) is 17.9 Å². The monoisotopic (exact) mass is 371 g/mol. The van der Waals surface area contributed by atoms with Gasteiger partial charge in [0.05, 0.1) is 46.5 Å². The molecule has 0 spiro atoms. The molecule has 1 fully saturated rings. The van der Waals surface area contributed by atoms with Crippen LogP contribution >= 0.6 is 11.6 Å². The van der Waals surface area contributed by atoms with Gasteiger partial charge >= 0.3 is 0 Å². The molecule has 0 radical (unpaired) electrons. The standard InChI is InChI=1S/C19H22ClN5O/c1-11-6-15(7-21-23-11)24-5-4-14(8-24)19(26)25-9-16-12(2)18(20)13(3)22-17(16)10-25/h6-7,14H,4-5,8-10H2,1-3H3/t14-/m1/s1. The lowest BCUT2D eigenvalue weighted by Crippen LogP contribution is -2.34. The van der Waals surface area contributed by atoms with E-state index in [1.807, 2.05) is 31.7 Å². The summed E-state index contributed by atoms with van der Waals surface area (Å²) in [5.74, 6) is 0.215. The number of rotatable bonds is 2. The Kier molecular flexibility index (Phi) is 4.31. The SMILES string of the molecule is Cc1cc(N2CC[C@@H](C(=O)N3Cc4nc(C)c(Cl)c(C)c4C3)C2)cnn1. The van der Waals surface area contributed by atoms with E-state index in [1.54, 1.807) is 6.20 Å². The first-order valence-corrected chi connectivity index (χ1v) is 9.29. The molecule has 136 valence electrons. The molecule has 0 bridgehead atoms. The lowest BCUT2D eigenvalue weighted by atomic mass is 10.1. The summed E-state index contributed by atoms with van der Waals surface area (Å²) in [6.45, 7) is 8.64. The number of anilines is 1. The summed E-state index contributed by atoms with van der Waals surface area (Å²) in [6, 6.07) is 2.02. The number of fused-ring (bicyclic) bond motifs is 1. The van der Waals surface area contributed by atoms with Crippen molar-refractivity contribution in [2.24, 2.45) is 5.92 Å². The van der Waals surface area contributed by atoms with Gasteiger partial charge in [0.15, 0.2) is 0 Å². The summed E-state index contributed by atoms with van der Waals surface area (Å²) in [6.07, 6.45) is 2.63. The molecule has 1 saturated heterocycles. The minimum atomic E-state index is 0.00894. The smallest absolute Gasteiger partial charge is 0.228 e. The Morgan fingerprint density at radius 1 is 1.27 bits per heavy atom. The molecule has 1 amide bonds. The van der Waals surface area contributed by atoms with Crippen LogP contribution in [0.4, 0.5) is 5.69 Å². The zero-order chi connectivity index (χ0) is 18.4. The molecule has 1 atom stereocenters. The zero-order valence-corrected chi connectivity index (χ0v) is 16.0. The van der Waals surface area contributed by atoms with Crippen LogP contribution < -0.4 is 4.90 Å². The molecule has 26 heavy (non-hydrogen) atoms. The second kappa shape index (κ2) is 6.50. The number of aryl methyl sites for hydroxylation is 2. The summed E-state index contributed by atoms with van der Waals surface area (Å²) >= 11 is 6.33. The molecular weight excluding hydrogens is 350 g/mol. The highest BCUT2D eigenvalue weighted by molar-refractivity contribution is 6.32. The Hall–Kier alpha value is -2.21. The van der Waals surface area contributed by atoms with Crippen LogP contribution in [-0.4, -0.2) is 39.1 Å². The molecule has 4 rings (SSSR count). The van der Waals surface area contributed by atoms with Crippen LogP contribution in [0.1, 0.15) is 34.6 Å². The molecule has 0 saturated carbocycles. The van der Waals surface area contributed by atoms with Gasteiger partial charge in [-0.2, -0.15) is 10.2 Å². The summed E-state index contributed by atoms with van der Waals surface area (Å²) in [7, 11) is 0. The average molecular weight is 372 g/mol. The molecule has 2 aromatic rings. The van der Waals surface area contributed by atoms with Crippen molar-refractivity contribution >= 4 is 23.2 Å². The highest BCUT2D eigenvalue weighted by Crippen LogP contribution is 2.33. The van der Waals surface area contributed by atoms with E-state index in [1.165, 1.54) is 0 Å². The van der Waals surface area contributed by atoms with Gasteiger partial charge in [-0.05, 0) is 44.4 Å². The van der Waals surface area contributed by atoms with Crippen LogP contribution in [0.2, 0.25) is 5.02 Å². The number of aromatic nitrogens is 3. The Labute approximate surface area is 158 Å². The average Bonchev–Trinajstić information content (AvgIpc) is 3.26. The number of hydrogen-bond acceptors (Lipinski definition) is 5. The third-order valence-electron chi connectivity index (χ3n) is 5.42. The van der Waals surface area contributed by atoms with Crippen LogP contribution in [0.15, 0.2) is 12.3 Å². The van der Waals surface area contributed by atoms with E-state index in [2.05, 4.69) is 20.1 Å². The molecule has 6 nitrogen and oxygen atoms in total. The second-order valence-corrected chi connectivity index (χ2v) is 7.62. The van der Waals surface area contributed by atoms with Gasteiger partial charge < -0.3 is 9.80 Å². The first-order valence-electron chi connectivity index (χ1n) is 8.91. The van der Waals surface area contributed by atoms with Crippen molar-refractivity contribution in [3.8, 4) is 0 Å². The Morgan fingerprint density at radius 3 is 2.85 bits per heavy atom. The quantitative estimate of drug-likeness (QED) is 0.812. The molecule has 2 aromatic heterocycles. The van der Waals surface area contributed by atoms with E-state index in [0.717, 1.165) is 53.4 Å². The number of hydrogen-bond donors (Lipinski definition) is 0. The Bertz CT molecular complexity index is 884. The van der Waals surface area contributed by atoms with Gasteiger partial charge in [0.2, 0.25) is 5.91 Å². The fraction of sp³-hybridized carbons (Fsp3) is 0.474. The van der Waals surface area contributed by atoms with Crippen LogP contribution in [0.3, 0.4) is 0 Å². The van der Waals surface area contributed by atoms with E-state index >= 15 is 0 Å². The number of amides is 1. The molecule has 2 aliphatic heterocycles. The first-order chi connectivity index (χ1) is 12.4. The van der Waals surface area contributed by atoms with Crippen LogP contribution in [0, 0.1) is 26.7 Å². The summed E-state index contributed by atoms with van der Waals surface area (Å²) in [4.78, 5) is 21.8. The molecule has 4 heterocycles. The minimum absolute atomic E-state index is 0.00894. The predicted molar refractivity (Wildman–Crippen MR) is 100 cm³/mol. The maximum absolute atomic E-state index is 13.1. The van der Waals surface area contributed by atoms with E-state index in [0.29, 0.717) is 18.1 Å². The number of nitrogens with zero attached hydrogens (tertiary/aromatic N) is 5. The van der Waals surface area contributed by atoms with Crippen molar-refractivity contribution < 1.29 is 4.79 Å². The van der Waals surface area contributed by atoms with Gasteiger partial charge in [-0.25, -0.2) is 0 Å². The highest BCUT2D eigenvalue weighted by atomic mass is 35.5. The van der Waals surface area contributed by atoms with Crippen molar-refractivity contribution in [3.05, 3.63) is 45.5 Å². The maximum atomic E-state index is 13.1. The lowest BCUT2D eigenvalue weighted by molar-refractivity contribution is -0.135. The van der Waals surface area contributed by atoms with Gasteiger partial charge in [-0.15, -0.1) is 0 Å². The summed E-state index contributed by atoms with van der Waals surface area (Å²) < 4.78 is 0. The highest BCUT2D eigenvalue weighted by Gasteiger charge is 2.35. The number of carbonyl (C=O) groups is 1. The molecule has 2 aliphatic rings. The van der Waals surface area contributed by atoms with E-state index in [4.69, 9.17) is 11.6 Å². The van der Waals surface area contributed by atoms with Crippen molar-refractivity contribution in [1.82, 2.24) is 20.1 Å². The maximum Gasteiger partial charge on any atom is 0.228 e. The molecule has 0 unspecified atom stereocenters. The van der Waals surface area contributed by atoms with Gasteiger partial charge in [0, 0.05) is 19.6 Å². The van der Waals surface area contributed by atoms with Crippen molar-refractivity contribution in [2.45, 2.75) is 40.3 Å². The molecule has 7 heteroatoms. The predicted octanol–water partition coefficient (Wildman–Crippen LogP) is 2.82. The van der Waals surface area contributed by atoms with Crippen LogP contribution in [0.25, 0.3) is 0 Å². The minimum Gasteiger partial charge on any atom is -0.369 e. The zero-order valence-electron chi connectivity index (χ0n) is 15.3. The largest absolute Gasteiger partial charge is 0.369 e. The van der Waals surface area contributed by atoms with Crippen molar-refractivity contribution in [2.75, 3.05) is 18.0 Å². The second-order valence-electron chi connectivity index (χ2n) is 7.24. The van der Waals surface area contributed by atoms with Gasteiger partial charge in [0.25, 0.3) is 0 Å². The summed E-state index contributed by atoms with van der Waals surface area (Å²) in [5, 5.41) is 8.74. The first kappa shape index (κ1) is 17.2. The van der Waals surface area contributed by atoms with E-state index in [-0.39, 0.29) is 11.8 Å². The molecule has 0 aromatic carbocycles.